The Labute approximate surface area is 226 Å². The number of nitrogens with one attached hydrogen (secondary N) is 1. The second kappa shape index (κ2) is 11.5. The summed E-state index contributed by atoms with van der Waals surface area (Å²) in [4.78, 5) is 32.2. The number of thiophene rings is 1. The summed E-state index contributed by atoms with van der Waals surface area (Å²) >= 11 is 2.73. The third kappa shape index (κ3) is 5.73. The van der Waals surface area contributed by atoms with Gasteiger partial charge >= 0.3 is 0 Å². The number of fused-ring (bicyclic) bond motifs is 1. The Kier molecular flexibility index (Phi) is 8.35. The monoisotopic (exact) mass is 531 g/mol. The molecular formula is C30H33N3O2S2. The minimum absolute atomic E-state index is 0.114. The standard InChI is InChI=1S/C30H33N3O2S2/c1-7-15-33-29(35)26-24(21-13-11-20(6)12-14-21)16-36-28(26)32-30(33)37-17-25(34)31-27-22(18(2)3)9-8-10-23(27)19(4)5/h7-14,16,18-19H,1,15,17H2,2-6H3,(H,31,34). The quantitative estimate of drug-likeness (QED) is 0.137. The number of carbonyl (C=O) groups is 1. The molecule has 0 spiro atoms. The van der Waals surface area contributed by atoms with E-state index >= 15 is 0 Å². The van der Waals surface area contributed by atoms with Gasteiger partial charge in [-0.3, -0.25) is 14.2 Å². The maximum Gasteiger partial charge on any atom is 0.263 e. The number of benzene rings is 2. The molecule has 0 bridgehead atoms. The third-order valence-electron chi connectivity index (χ3n) is 6.30. The lowest BCUT2D eigenvalue weighted by atomic mass is 9.92. The molecule has 5 nitrogen and oxygen atoms in total. The number of para-hydroxylation sites is 1. The molecule has 4 aromatic rings. The second-order valence-electron chi connectivity index (χ2n) is 9.75. The minimum Gasteiger partial charge on any atom is -0.325 e. The molecule has 0 radical (unpaired) electrons. The van der Waals surface area contributed by atoms with Gasteiger partial charge in [0.1, 0.15) is 4.83 Å². The molecule has 1 amide bonds. The van der Waals surface area contributed by atoms with Gasteiger partial charge in [-0.25, -0.2) is 4.98 Å². The predicted octanol–water partition coefficient (Wildman–Crippen LogP) is 7.60. The van der Waals surface area contributed by atoms with Crippen LogP contribution in [0.4, 0.5) is 5.69 Å². The molecule has 2 aromatic carbocycles. The number of hydrogen-bond donors (Lipinski definition) is 1. The zero-order valence-corrected chi connectivity index (χ0v) is 23.6. The van der Waals surface area contributed by atoms with E-state index in [-0.39, 0.29) is 29.1 Å². The molecule has 0 saturated heterocycles. The lowest BCUT2D eigenvalue weighted by Gasteiger charge is -2.20. The second-order valence-corrected chi connectivity index (χ2v) is 11.6. The number of allylic oxidation sites excluding steroid dienone is 1. The fraction of sp³-hybridized carbons (Fsp3) is 0.300. The van der Waals surface area contributed by atoms with Gasteiger partial charge in [0.15, 0.2) is 5.16 Å². The summed E-state index contributed by atoms with van der Waals surface area (Å²) in [5.74, 6) is 0.594. The van der Waals surface area contributed by atoms with E-state index in [0.29, 0.717) is 21.9 Å². The molecule has 2 aromatic heterocycles. The molecule has 2 heterocycles. The van der Waals surface area contributed by atoms with Crippen molar-refractivity contribution >= 4 is 44.9 Å². The van der Waals surface area contributed by atoms with Gasteiger partial charge in [0, 0.05) is 23.2 Å². The maximum atomic E-state index is 13.6. The topological polar surface area (TPSA) is 64.0 Å². The zero-order valence-electron chi connectivity index (χ0n) is 22.0. The largest absolute Gasteiger partial charge is 0.325 e. The van der Waals surface area contributed by atoms with Gasteiger partial charge in [-0.2, -0.15) is 0 Å². The molecular weight excluding hydrogens is 498 g/mol. The fourth-order valence-electron chi connectivity index (χ4n) is 4.35. The van der Waals surface area contributed by atoms with Crippen molar-refractivity contribution < 1.29 is 4.79 Å². The molecule has 0 aliphatic carbocycles. The fourth-order valence-corrected chi connectivity index (χ4v) is 6.15. The summed E-state index contributed by atoms with van der Waals surface area (Å²) in [5, 5.41) is 6.27. The van der Waals surface area contributed by atoms with Crippen molar-refractivity contribution in [3.63, 3.8) is 0 Å². The normalized spacial score (nSPS) is 11.4. The summed E-state index contributed by atoms with van der Waals surface area (Å²) in [6.07, 6.45) is 1.69. The molecule has 192 valence electrons. The number of anilines is 1. The van der Waals surface area contributed by atoms with Crippen molar-refractivity contribution in [2.75, 3.05) is 11.1 Å². The number of aryl methyl sites for hydroxylation is 1. The van der Waals surface area contributed by atoms with Crippen LogP contribution in [0.25, 0.3) is 21.3 Å². The Bertz CT molecular complexity index is 1470. The van der Waals surface area contributed by atoms with Crippen molar-refractivity contribution in [2.24, 2.45) is 0 Å². The molecule has 7 heteroatoms. The van der Waals surface area contributed by atoms with Crippen molar-refractivity contribution in [1.29, 1.82) is 0 Å². The highest BCUT2D eigenvalue weighted by Crippen LogP contribution is 2.34. The summed E-state index contributed by atoms with van der Waals surface area (Å²) < 4.78 is 1.61. The van der Waals surface area contributed by atoms with Crippen molar-refractivity contribution in [3.05, 3.63) is 87.5 Å². The first-order valence-electron chi connectivity index (χ1n) is 12.5. The van der Waals surface area contributed by atoms with Crippen LogP contribution in [0.2, 0.25) is 0 Å². The smallest absolute Gasteiger partial charge is 0.263 e. The van der Waals surface area contributed by atoms with Gasteiger partial charge in [-0.05, 0) is 35.4 Å². The van der Waals surface area contributed by atoms with E-state index in [1.54, 1.807) is 10.6 Å². The van der Waals surface area contributed by atoms with Crippen LogP contribution in [-0.4, -0.2) is 21.2 Å². The van der Waals surface area contributed by atoms with Gasteiger partial charge in [-0.15, -0.1) is 17.9 Å². The average Bonchev–Trinajstić information content (AvgIpc) is 3.29. The van der Waals surface area contributed by atoms with Crippen LogP contribution < -0.4 is 10.9 Å². The first-order chi connectivity index (χ1) is 17.7. The van der Waals surface area contributed by atoms with Crippen LogP contribution in [0.15, 0.2) is 70.5 Å². The van der Waals surface area contributed by atoms with Crippen LogP contribution in [0.3, 0.4) is 0 Å². The van der Waals surface area contributed by atoms with E-state index in [2.05, 4.69) is 51.7 Å². The average molecular weight is 532 g/mol. The number of thioether (sulfide) groups is 1. The summed E-state index contributed by atoms with van der Waals surface area (Å²) in [6.45, 7) is 14.7. The highest BCUT2D eigenvalue weighted by atomic mass is 32.2. The molecule has 0 aliphatic heterocycles. The highest BCUT2D eigenvalue weighted by Gasteiger charge is 2.19. The Balaban J connectivity index is 1.64. The molecule has 0 atom stereocenters. The van der Waals surface area contributed by atoms with Gasteiger partial charge < -0.3 is 5.32 Å². The van der Waals surface area contributed by atoms with E-state index in [1.165, 1.54) is 28.7 Å². The van der Waals surface area contributed by atoms with Gasteiger partial charge in [0.25, 0.3) is 5.56 Å². The first kappa shape index (κ1) is 26.9. The maximum absolute atomic E-state index is 13.6. The lowest BCUT2D eigenvalue weighted by molar-refractivity contribution is -0.113. The van der Waals surface area contributed by atoms with Crippen molar-refractivity contribution in [2.45, 2.75) is 58.2 Å². The van der Waals surface area contributed by atoms with E-state index in [4.69, 9.17) is 4.98 Å². The Morgan fingerprint density at radius 3 is 2.35 bits per heavy atom. The number of nitrogens with zero attached hydrogens (tertiary/aromatic N) is 2. The van der Waals surface area contributed by atoms with E-state index in [0.717, 1.165) is 27.9 Å². The van der Waals surface area contributed by atoms with Crippen LogP contribution in [0, 0.1) is 6.92 Å². The molecule has 4 rings (SSSR count). The van der Waals surface area contributed by atoms with Crippen LogP contribution >= 0.6 is 23.1 Å². The lowest BCUT2D eigenvalue weighted by Crippen LogP contribution is -2.24. The van der Waals surface area contributed by atoms with Crippen LogP contribution in [-0.2, 0) is 11.3 Å². The Hall–Kier alpha value is -3.16. The van der Waals surface area contributed by atoms with Crippen LogP contribution in [0.5, 0.6) is 0 Å². The van der Waals surface area contributed by atoms with Crippen molar-refractivity contribution in [1.82, 2.24) is 9.55 Å². The van der Waals surface area contributed by atoms with E-state index in [1.807, 2.05) is 42.6 Å². The summed E-state index contributed by atoms with van der Waals surface area (Å²) in [5.41, 5.74) is 6.06. The Morgan fingerprint density at radius 1 is 1.11 bits per heavy atom. The number of amides is 1. The third-order valence-corrected chi connectivity index (χ3v) is 8.15. The van der Waals surface area contributed by atoms with Crippen molar-refractivity contribution in [3.8, 4) is 11.1 Å². The van der Waals surface area contributed by atoms with E-state index in [9.17, 15) is 9.59 Å². The molecule has 0 aliphatic rings. The molecule has 0 fully saturated rings. The van der Waals surface area contributed by atoms with Gasteiger partial charge in [0.2, 0.25) is 5.91 Å². The summed E-state index contributed by atoms with van der Waals surface area (Å²) in [7, 11) is 0. The SMILES string of the molecule is C=CCn1c(SCC(=O)Nc2c(C(C)C)cccc2C(C)C)nc2scc(-c3ccc(C)cc3)c2c1=O. The molecule has 0 saturated carbocycles. The molecule has 1 N–H and O–H groups in total. The molecule has 37 heavy (non-hydrogen) atoms. The minimum atomic E-state index is -0.119. The van der Waals surface area contributed by atoms with E-state index < -0.39 is 0 Å². The number of carbonyl (C=O) groups excluding carboxylic acids is 1. The number of aromatic nitrogens is 2. The number of hydrogen-bond acceptors (Lipinski definition) is 5. The molecule has 0 unspecified atom stereocenters. The van der Waals surface area contributed by atoms with Crippen LogP contribution in [0.1, 0.15) is 56.2 Å². The Morgan fingerprint density at radius 2 is 1.76 bits per heavy atom. The summed E-state index contributed by atoms with van der Waals surface area (Å²) in [6, 6.07) is 14.3. The van der Waals surface area contributed by atoms with Gasteiger partial charge in [0.05, 0.1) is 11.1 Å². The number of rotatable bonds is 9. The first-order valence-corrected chi connectivity index (χ1v) is 14.3. The zero-order chi connectivity index (χ0) is 26.7. The highest BCUT2D eigenvalue weighted by molar-refractivity contribution is 7.99. The van der Waals surface area contributed by atoms with Gasteiger partial charge in [-0.1, -0.05) is 93.6 Å². The predicted molar refractivity (Wildman–Crippen MR) is 158 cm³/mol.